The zero-order valence-electron chi connectivity index (χ0n) is 13.5. The van der Waals surface area contributed by atoms with Crippen LogP contribution in [0.15, 0.2) is 12.4 Å². The Labute approximate surface area is 133 Å². The first-order chi connectivity index (χ1) is 10.9. The van der Waals surface area contributed by atoms with Gasteiger partial charge in [0.05, 0.1) is 13.2 Å². The number of nitrogens with zero attached hydrogens (tertiary/aromatic N) is 4. The molecule has 0 aliphatic carbocycles. The Kier molecular flexibility index (Phi) is 4.46. The van der Waals surface area contributed by atoms with E-state index in [1.54, 1.807) is 0 Å². The molecule has 0 amide bonds. The molecule has 2 saturated heterocycles. The highest BCUT2D eigenvalue weighted by Gasteiger charge is 2.27. The number of hydrogen-bond acceptors (Lipinski definition) is 4. The van der Waals surface area contributed by atoms with Gasteiger partial charge < -0.3 is 14.2 Å². The first-order valence-electron chi connectivity index (χ1n) is 8.89. The average Bonchev–Trinajstić information content (AvgIpc) is 3.22. The molecule has 0 spiro atoms. The Balaban J connectivity index is 1.44. The Bertz CT molecular complexity index is 436. The summed E-state index contributed by atoms with van der Waals surface area (Å²) in [7, 11) is 0. The summed E-state index contributed by atoms with van der Waals surface area (Å²) in [5, 5.41) is 0. The molecule has 4 heterocycles. The van der Waals surface area contributed by atoms with E-state index in [0.717, 1.165) is 32.2 Å². The van der Waals surface area contributed by atoms with Crippen molar-refractivity contribution in [3.63, 3.8) is 0 Å². The largest absolute Gasteiger partial charge is 0.381 e. The number of likely N-dealkylation sites (tertiary alicyclic amines) is 1. The predicted octanol–water partition coefficient (Wildman–Crippen LogP) is 1.45. The van der Waals surface area contributed by atoms with Crippen LogP contribution in [0.2, 0.25) is 0 Å². The van der Waals surface area contributed by atoms with Gasteiger partial charge in [-0.3, -0.25) is 4.90 Å². The van der Waals surface area contributed by atoms with Crippen LogP contribution in [-0.2, 0) is 17.8 Å². The third-order valence-electron chi connectivity index (χ3n) is 5.39. The Hall–Kier alpha value is -0.910. The second-order valence-corrected chi connectivity index (χ2v) is 7.29. The van der Waals surface area contributed by atoms with Crippen molar-refractivity contribution < 1.29 is 4.74 Å². The quantitative estimate of drug-likeness (QED) is 0.843. The molecule has 5 heteroatoms. The van der Waals surface area contributed by atoms with E-state index < -0.39 is 0 Å². The van der Waals surface area contributed by atoms with Crippen molar-refractivity contribution in [2.75, 3.05) is 45.9 Å². The van der Waals surface area contributed by atoms with Crippen molar-refractivity contribution in [1.82, 2.24) is 19.4 Å². The highest BCUT2D eigenvalue weighted by Crippen LogP contribution is 2.21. The van der Waals surface area contributed by atoms with E-state index in [-0.39, 0.29) is 0 Å². The lowest BCUT2D eigenvalue weighted by Gasteiger charge is -2.28. The summed E-state index contributed by atoms with van der Waals surface area (Å²) < 4.78 is 7.94. The topological polar surface area (TPSA) is 33.5 Å². The van der Waals surface area contributed by atoms with Crippen molar-refractivity contribution in [2.45, 2.75) is 32.4 Å². The van der Waals surface area contributed by atoms with Gasteiger partial charge in [-0.2, -0.15) is 0 Å². The van der Waals surface area contributed by atoms with Crippen LogP contribution in [0.25, 0.3) is 0 Å². The molecule has 5 nitrogen and oxygen atoms in total. The molecule has 0 N–H and O–H groups in total. The van der Waals surface area contributed by atoms with Gasteiger partial charge in [-0.05, 0) is 38.3 Å². The summed E-state index contributed by atoms with van der Waals surface area (Å²) in [5.74, 6) is 2.67. The number of fused-ring (bicyclic) bond motifs is 1. The number of aromatic nitrogens is 2. The van der Waals surface area contributed by atoms with E-state index in [2.05, 4.69) is 25.5 Å². The van der Waals surface area contributed by atoms with Crippen LogP contribution in [-0.4, -0.2) is 65.3 Å². The molecular formula is C17H28N4O. The summed E-state index contributed by atoms with van der Waals surface area (Å²) in [6, 6.07) is 0. The van der Waals surface area contributed by atoms with E-state index in [1.807, 2.05) is 6.20 Å². The van der Waals surface area contributed by atoms with Crippen LogP contribution in [0.3, 0.4) is 0 Å². The number of ether oxygens (including phenoxy) is 1. The van der Waals surface area contributed by atoms with Gasteiger partial charge in [0, 0.05) is 51.1 Å². The highest BCUT2D eigenvalue weighted by molar-refractivity contribution is 4.96. The molecule has 0 aromatic carbocycles. The van der Waals surface area contributed by atoms with Crippen molar-refractivity contribution >= 4 is 0 Å². The molecular weight excluding hydrogens is 276 g/mol. The Morgan fingerprint density at radius 2 is 1.95 bits per heavy atom. The predicted molar refractivity (Wildman–Crippen MR) is 85.6 cm³/mol. The van der Waals surface area contributed by atoms with E-state index in [9.17, 15) is 0 Å². The zero-order valence-corrected chi connectivity index (χ0v) is 13.5. The third kappa shape index (κ3) is 3.36. The highest BCUT2D eigenvalue weighted by atomic mass is 16.5. The van der Waals surface area contributed by atoms with Gasteiger partial charge in [-0.25, -0.2) is 4.98 Å². The maximum Gasteiger partial charge on any atom is 0.122 e. The van der Waals surface area contributed by atoms with Crippen molar-refractivity contribution in [1.29, 1.82) is 0 Å². The molecule has 0 unspecified atom stereocenters. The summed E-state index contributed by atoms with van der Waals surface area (Å²) in [6.45, 7) is 10.2. The summed E-state index contributed by atoms with van der Waals surface area (Å²) >= 11 is 0. The lowest BCUT2D eigenvalue weighted by molar-refractivity contribution is 0.147. The van der Waals surface area contributed by atoms with Gasteiger partial charge in [-0.1, -0.05) is 0 Å². The average molecular weight is 304 g/mol. The van der Waals surface area contributed by atoms with Crippen LogP contribution in [0.4, 0.5) is 0 Å². The van der Waals surface area contributed by atoms with Crippen LogP contribution in [0.1, 0.15) is 25.1 Å². The van der Waals surface area contributed by atoms with E-state index in [0.29, 0.717) is 5.92 Å². The molecule has 3 aliphatic heterocycles. The van der Waals surface area contributed by atoms with Gasteiger partial charge in [0.15, 0.2) is 0 Å². The van der Waals surface area contributed by atoms with E-state index in [4.69, 9.17) is 4.74 Å². The molecule has 0 radical (unpaired) electrons. The normalized spacial score (nSPS) is 30.5. The first kappa shape index (κ1) is 14.7. The number of imidazole rings is 1. The van der Waals surface area contributed by atoms with Crippen molar-refractivity contribution in [3.8, 4) is 0 Å². The molecule has 2 fully saturated rings. The molecule has 1 aromatic rings. The minimum Gasteiger partial charge on any atom is -0.381 e. The maximum absolute atomic E-state index is 5.56. The van der Waals surface area contributed by atoms with E-state index >= 15 is 0 Å². The summed E-state index contributed by atoms with van der Waals surface area (Å²) in [5.41, 5.74) is 0. The fraction of sp³-hybridized carbons (Fsp3) is 0.824. The van der Waals surface area contributed by atoms with Crippen LogP contribution in [0.5, 0.6) is 0 Å². The zero-order chi connectivity index (χ0) is 14.8. The van der Waals surface area contributed by atoms with Gasteiger partial charge in [0.2, 0.25) is 0 Å². The summed E-state index contributed by atoms with van der Waals surface area (Å²) in [4.78, 5) is 9.87. The Morgan fingerprint density at radius 3 is 2.77 bits per heavy atom. The SMILES string of the molecule is c1cn2c(n1)CN(C[C@@H]1CCOC1)C[C@@H](CN1CCCC1)C2. The van der Waals surface area contributed by atoms with Crippen molar-refractivity contribution in [3.05, 3.63) is 18.2 Å². The lowest BCUT2D eigenvalue weighted by atomic mass is 10.1. The molecule has 2 atom stereocenters. The van der Waals surface area contributed by atoms with Gasteiger partial charge in [-0.15, -0.1) is 0 Å². The molecule has 1 aromatic heterocycles. The third-order valence-corrected chi connectivity index (χ3v) is 5.39. The molecule has 122 valence electrons. The molecule has 0 bridgehead atoms. The monoisotopic (exact) mass is 304 g/mol. The smallest absolute Gasteiger partial charge is 0.122 e. The second-order valence-electron chi connectivity index (χ2n) is 7.29. The number of rotatable bonds is 4. The first-order valence-corrected chi connectivity index (χ1v) is 8.89. The van der Waals surface area contributed by atoms with Gasteiger partial charge in [0.1, 0.15) is 5.82 Å². The fourth-order valence-electron chi connectivity index (χ4n) is 4.30. The summed E-state index contributed by atoms with van der Waals surface area (Å²) in [6.07, 6.45) is 8.11. The van der Waals surface area contributed by atoms with Crippen LogP contribution < -0.4 is 0 Å². The Morgan fingerprint density at radius 1 is 1.09 bits per heavy atom. The van der Waals surface area contributed by atoms with Crippen LogP contribution >= 0.6 is 0 Å². The van der Waals surface area contributed by atoms with Crippen LogP contribution in [0, 0.1) is 11.8 Å². The second kappa shape index (κ2) is 6.69. The lowest BCUT2D eigenvalue weighted by Crippen LogP contribution is -2.37. The molecule has 4 rings (SSSR count). The standard InChI is InChI=1S/C17H28N4O/c1-2-6-19(5-1)10-16-11-20(9-15-3-8-22-14-15)13-17-18-4-7-21(17)12-16/h4,7,15-16H,1-3,5-6,8-14H2/t15-,16+/m0/s1. The van der Waals surface area contributed by atoms with Crippen molar-refractivity contribution in [2.24, 2.45) is 11.8 Å². The minimum absolute atomic E-state index is 0.717. The minimum atomic E-state index is 0.717. The molecule has 22 heavy (non-hydrogen) atoms. The van der Waals surface area contributed by atoms with E-state index in [1.165, 1.54) is 57.8 Å². The number of hydrogen-bond donors (Lipinski definition) is 0. The van der Waals surface area contributed by atoms with Gasteiger partial charge in [0.25, 0.3) is 0 Å². The fourth-order valence-corrected chi connectivity index (χ4v) is 4.30. The van der Waals surface area contributed by atoms with Gasteiger partial charge >= 0.3 is 0 Å². The molecule has 0 saturated carbocycles. The molecule has 3 aliphatic rings. The maximum atomic E-state index is 5.56.